The van der Waals surface area contributed by atoms with Gasteiger partial charge in [-0.25, -0.2) is 4.98 Å². The summed E-state index contributed by atoms with van der Waals surface area (Å²) in [5, 5.41) is 15.9. The molecule has 1 amide bonds. The molecule has 0 spiro atoms. The summed E-state index contributed by atoms with van der Waals surface area (Å²) >= 11 is 7.52. The van der Waals surface area contributed by atoms with Crippen LogP contribution in [0.3, 0.4) is 0 Å². The molecule has 28 heavy (non-hydrogen) atoms. The van der Waals surface area contributed by atoms with E-state index in [1.54, 1.807) is 0 Å². The van der Waals surface area contributed by atoms with E-state index in [-0.39, 0.29) is 23.7 Å². The van der Waals surface area contributed by atoms with E-state index in [1.165, 1.54) is 15.9 Å². The van der Waals surface area contributed by atoms with Gasteiger partial charge in [-0.3, -0.25) is 9.69 Å². The Labute approximate surface area is 171 Å². The van der Waals surface area contributed by atoms with Gasteiger partial charge in [-0.05, 0) is 43.6 Å². The van der Waals surface area contributed by atoms with Gasteiger partial charge in [-0.2, -0.15) is 4.52 Å². The predicted molar refractivity (Wildman–Crippen MR) is 109 cm³/mol. The third kappa shape index (κ3) is 3.47. The highest BCUT2D eigenvalue weighted by atomic mass is 35.5. The van der Waals surface area contributed by atoms with Crippen molar-refractivity contribution in [3.63, 3.8) is 0 Å². The summed E-state index contributed by atoms with van der Waals surface area (Å²) in [5.41, 5.74) is 6.51. The molecule has 1 fully saturated rings. The fourth-order valence-electron chi connectivity index (χ4n) is 3.73. The number of thiazole rings is 1. The molecule has 148 valence electrons. The molecule has 9 heteroatoms. The van der Waals surface area contributed by atoms with Crippen LogP contribution < -0.4 is 5.73 Å². The molecule has 0 bridgehead atoms. The van der Waals surface area contributed by atoms with Crippen molar-refractivity contribution in [1.29, 1.82) is 0 Å². The number of nitrogens with two attached hydrogens (primary N) is 1. The Bertz CT molecular complexity index is 992. The number of hydrogen-bond acceptors (Lipinski definition) is 6. The summed E-state index contributed by atoms with van der Waals surface area (Å²) in [4.78, 5) is 19.8. The third-order valence-corrected chi connectivity index (χ3v) is 6.62. The quantitative estimate of drug-likeness (QED) is 0.662. The maximum atomic E-state index is 11.5. The normalized spacial score (nSPS) is 17.2. The fraction of sp³-hybridized carbons (Fsp3) is 0.421. The molecule has 4 rings (SSSR count). The van der Waals surface area contributed by atoms with Crippen LogP contribution in [0.2, 0.25) is 5.02 Å². The molecule has 2 aromatic heterocycles. The van der Waals surface area contributed by atoms with Crippen LogP contribution in [0.5, 0.6) is 5.88 Å². The molecule has 3 aromatic rings. The maximum Gasteiger partial charge on any atom is 0.230 e. The number of aryl methyl sites for hydroxylation is 1. The van der Waals surface area contributed by atoms with Crippen molar-refractivity contribution in [2.75, 3.05) is 13.1 Å². The van der Waals surface area contributed by atoms with E-state index < -0.39 is 0 Å². The van der Waals surface area contributed by atoms with E-state index in [4.69, 9.17) is 17.3 Å². The lowest BCUT2D eigenvalue weighted by Crippen LogP contribution is -2.40. The minimum Gasteiger partial charge on any atom is -0.492 e. The zero-order valence-corrected chi connectivity index (χ0v) is 17.1. The van der Waals surface area contributed by atoms with E-state index >= 15 is 0 Å². The van der Waals surface area contributed by atoms with E-state index in [0.717, 1.165) is 10.4 Å². The smallest absolute Gasteiger partial charge is 0.230 e. The van der Waals surface area contributed by atoms with E-state index in [0.29, 0.717) is 48.2 Å². The first-order valence-electron chi connectivity index (χ1n) is 9.34. The Hall–Kier alpha value is -2.16. The number of halogens is 1. The summed E-state index contributed by atoms with van der Waals surface area (Å²) in [7, 11) is 0. The first-order chi connectivity index (χ1) is 13.5. The highest BCUT2D eigenvalue weighted by Crippen LogP contribution is 2.41. The molecule has 7 nitrogen and oxygen atoms in total. The van der Waals surface area contributed by atoms with Crippen LogP contribution in [0.4, 0.5) is 0 Å². The number of benzene rings is 1. The molecule has 3 N–H and O–H groups in total. The van der Waals surface area contributed by atoms with Crippen LogP contribution in [0, 0.1) is 5.92 Å². The number of primary amides is 1. The van der Waals surface area contributed by atoms with E-state index in [2.05, 4.69) is 15.0 Å². The lowest BCUT2D eigenvalue weighted by molar-refractivity contribution is -0.123. The van der Waals surface area contributed by atoms with Crippen molar-refractivity contribution in [1.82, 2.24) is 19.5 Å². The molecule has 0 saturated carbocycles. The van der Waals surface area contributed by atoms with Crippen LogP contribution >= 0.6 is 22.9 Å². The zero-order valence-electron chi connectivity index (χ0n) is 15.5. The Balaban J connectivity index is 1.73. The Kier molecular flexibility index (Phi) is 5.27. The van der Waals surface area contributed by atoms with Gasteiger partial charge in [0.1, 0.15) is 0 Å². The second kappa shape index (κ2) is 7.69. The molecule has 0 aliphatic carbocycles. The number of hydrogen-bond donors (Lipinski definition) is 2. The van der Waals surface area contributed by atoms with Crippen molar-refractivity contribution < 1.29 is 9.90 Å². The van der Waals surface area contributed by atoms with Crippen molar-refractivity contribution >= 4 is 33.8 Å². The molecular formula is C19H22ClN5O2S. The lowest BCUT2D eigenvalue weighted by atomic mass is 9.93. The van der Waals surface area contributed by atoms with Gasteiger partial charge in [-0.1, -0.05) is 42.0 Å². The third-order valence-electron chi connectivity index (χ3n) is 5.29. The van der Waals surface area contributed by atoms with E-state index in [9.17, 15) is 9.90 Å². The molecule has 1 unspecified atom stereocenters. The highest BCUT2D eigenvalue weighted by molar-refractivity contribution is 7.17. The van der Waals surface area contributed by atoms with Gasteiger partial charge in [0, 0.05) is 17.4 Å². The lowest BCUT2D eigenvalue weighted by Gasteiger charge is -2.36. The Morgan fingerprint density at radius 3 is 2.61 bits per heavy atom. The Morgan fingerprint density at radius 1 is 1.36 bits per heavy atom. The average Bonchev–Trinajstić information content (AvgIpc) is 3.23. The number of fused-ring (bicyclic) bond motifs is 1. The van der Waals surface area contributed by atoms with Crippen molar-refractivity contribution in [2.24, 2.45) is 11.7 Å². The standard InChI is InChI=1S/C19H22ClN5O2S/c1-2-14-22-19-25(23-14)18(27)16(28-19)15(11-3-5-13(20)6-4-11)24-9-7-12(8-10-24)17(21)26/h3-6,12,15,27H,2,7-10H2,1H3,(H2,21,26). The number of carbonyl (C=O) groups excluding carboxylic acids is 1. The first-order valence-corrected chi connectivity index (χ1v) is 10.5. The molecular weight excluding hydrogens is 398 g/mol. The molecule has 1 atom stereocenters. The van der Waals surface area contributed by atoms with Crippen LogP contribution in [-0.2, 0) is 11.2 Å². The topological polar surface area (TPSA) is 96.8 Å². The molecule has 1 saturated heterocycles. The maximum absolute atomic E-state index is 11.5. The first kappa shape index (κ1) is 19.2. The molecule has 1 aliphatic heterocycles. The molecule has 1 aromatic carbocycles. The minimum atomic E-state index is -0.239. The number of rotatable bonds is 5. The summed E-state index contributed by atoms with van der Waals surface area (Å²) in [6.45, 7) is 3.42. The number of nitrogens with zero attached hydrogens (tertiary/aromatic N) is 4. The Morgan fingerprint density at radius 2 is 2.04 bits per heavy atom. The average molecular weight is 420 g/mol. The van der Waals surface area contributed by atoms with Gasteiger partial charge in [0.25, 0.3) is 0 Å². The van der Waals surface area contributed by atoms with Crippen LogP contribution in [0.25, 0.3) is 4.96 Å². The van der Waals surface area contributed by atoms with Gasteiger partial charge < -0.3 is 10.8 Å². The van der Waals surface area contributed by atoms with Gasteiger partial charge in [-0.15, -0.1) is 5.10 Å². The SMILES string of the molecule is CCc1nc2sc(C(c3ccc(Cl)cc3)N3CCC(C(N)=O)CC3)c(O)n2n1. The second-order valence-electron chi connectivity index (χ2n) is 7.03. The zero-order chi connectivity index (χ0) is 19.8. The number of aromatic nitrogens is 3. The minimum absolute atomic E-state index is 0.0925. The van der Waals surface area contributed by atoms with Gasteiger partial charge >= 0.3 is 0 Å². The number of aromatic hydroxyl groups is 1. The van der Waals surface area contributed by atoms with Gasteiger partial charge in [0.2, 0.25) is 16.7 Å². The van der Waals surface area contributed by atoms with Gasteiger partial charge in [0.15, 0.2) is 5.82 Å². The summed E-state index contributed by atoms with van der Waals surface area (Å²) in [6, 6.07) is 7.48. The van der Waals surface area contributed by atoms with Crippen LogP contribution in [0.1, 0.15) is 42.1 Å². The molecule has 3 heterocycles. The van der Waals surface area contributed by atoms with Crippen molar-refractivity contribution in [3.8, 4) is 5.88 Å². The second-order valence-corrected chi connectivity index (χ2v) is 8.48. The fourth-order valence-corrected chi connectivity index (χ4v) is 5.00. The van der Waals surface area contributed by atoms with Crippen molar-refractivity contribution in [2.45, 2.75) is 32.2 Å². The number of piperidine rings is 1. The van der Waals surface area contributed by atoms with Gasteiger partial charge in [0.05, 0.1) is 10.9 Å². The number of likely N-dealkylation sites (tertiary alicyclic amines) is 1. The highest BCUT2D eigenvalue weighted by Gasteiger charge is 2.33. The van der Waals surface area contributed by atoms with Crippen molar-refractivity contribution in [3.05, 3.63) is 45.6 Å². The molecule has 0 radical (unpaired) electrons. The molecule has 1 aliphatic rings. The number of carbonyl (C=O) groups is 1. The summed E-state index contributed by atoms with van der Waals surface area (Å²) in [5.74, 6) is 0.490. The summed E-state index contributed by atoms with van der Waals surface area (Å²) < 4.78 is 1.51. The predicted octanol–water partition coefficient (Wildman–Crippen LogP) is 3.00. The summed E-state index contributed by atoms with van der Waals surface area (Å²) in [6.07, 6.45) is 2.13. The van der Waals surface area contributed by atoms with Crippen LogP contribution in [0.15, 0.2) is 24.3 Å². The largest absolute Gasteiger partial charge is 0.492 e. The van der Waals surface area contributed by atoms with E-state index in [1.807, 2.05) is 31.2 Å². The monoisotopic (exact) mass is 419 g/mol. The van der Waals surface area contributed by atoms with Crippen LogP contribution in [-0.4, -0.2) is 43.6 Å². The number of amides is 1.